The number of nitrogens with one attached hydrogen (secondary N) is 1. The highest BCUT2D eigenvalue weighted by atomic mass is 32.2. The smallest absolute Gasteiger partial charge is 0.138 e. The van der Waals surface area contributed by atoms with Crippen LogP contribution in [-0.4, -0.2) is 0 Å². The lowest BCUT2D eigenvalue weighted by Gasteiger charge is -2.08. The van der Waals surface area contributed by atoms with Crippen LogP contribution in [0.25, 0.3) is 0 Å². The van der Waals surface area contributed by atoms with Gasteiger partial charge in [0.15, 0.2) is 0 Å². The lowest BCUT2D eigenvalue weighted by atomic mass is 10.3. The van der Waals surface area contributed by atoms with Crippen LogP contribution in [0.3, 0.4) is 0 Å². The van der Waals surface area contributed by atoms with Gasteiger partial charge in [-0.3, -0.25) is 0 Å². The number of nitriles is 1. The first-order chi connectivity index (χ1) is 7.90. The first-order valence-corrected chi connectivity index (χ1v) is 5.69. The van der Waals surface area contributed by atoms with Crippen LogP contribution < -0.4 is 5.32 Å². The number of hydrogen-bond donors (Lipinski definition) is 1. The zero-order valence-electron chi connectivity index (χ0n) is 8.55. The summed E-state index contributed by atoms with van der Waals surface area (Å²) in [7, 11) is 0. The number of benzene rings is 2. The Bertz CT molecular complexity index is 503. The van der Waals surface area contributed by atoms with Gasteiger partial charge >= 0.3 is 0 Å². The third-order valence-corrected chi connectivity index (χ3v) is 2.76. The molecule has 0 radical (unpaired) electrons. The van der Waals surface area contributed by atoms with E-state index in [1.807, 2.05) is 54.6 Å². The van der Waals surface area contributed by atoms with E-state index in [1.54, 1.807) is 0 Å². The van der Waals surface area contributed by atoms with Crippen molar-refractivity contribution in [3.05, 3.63) is 54.6 Å². The minimum Gasteiger partial charge on any atom is -0.355 e. The van der Waals surface area contributed by atoms with Crippen LogP contribution in [0.4, 0.5) is 11.4 Å². The maximum Gasteiger partial charge on any atom is 0.138 e. The highest BCUT2D eigenvalue weighted by molar-refractivity contribution is 8.03. The van der Waals surface area contributed by atoms with Crippen LogP contribution in [0.15, 0.2) is 59.5 Å². The van der Waals surface area contributed by atoms with Gasteiger partial charge in [0.2, 0.25) is 0 Å². The molecular formula is C13H10N2S. The van der Waals surface area contributed by atoms with Crippen molar-refractivity contribution in [1.29, 1.82) is 5.26 Å². The summed E-state index contributed by atoms with van der Waals surface area (Å²) in [5, 5.41) is 14.1. The van der Waals surface area contributed by atoms with Gasteiger partial charge in [-0.15, -0.1) is 0 Å². The Morgan fingerprint density at radius 3 is 2.38 bits per heavy atom. The first kappa shape index (κ1) is 10.6. The Balaban J connectivity index is 2.25. The van der Waals surface area contributed by atoms with E-state index in [0.717, 1.165) is 28.0 Å². The molecule has 78 valence electrons. The number of nitrogens with zero attached hydrogens (tertiary/aromatic N) is 1. The van der Waals surface area contributed by atoms with Crippen LogP contribution in [0.2, 0.25) is 0 Å². The average Bonchev–Trinajstić information content (AvgIpc) is 2.33. The average molecular weight is 226 g/mol. The fraction of sp³-hybridized carbons (Fsp3) is 0. The zero-order chi connectivity index (χ0) is 11.2. The van der Waals surface area contributed by atoms with E-state index in [9.17, 15) is 0 Å². The fourth-order valence-corrected chi connectivity index (χ4v) is 1.86. The molecule has 0 saturated heterocycles. The third kappa shape index (κ3) is 2.56. The second-order valence-electron chi connectivity index (χ2n) is 3.18. The number of thioether (sulfide) groups is 1. The van der Waals surface area contributed by atoms with Crippen LogP contribution in [-0.2, 0) is 0 Å². The summed E-state index contributed by atoms with van der Waals surface area (Å²) in [5.41, 5.74) is 1.98. The van der Waals surface area contributed by atoms with Gasteiger partial charge in [-0.1, -0.05) is 30.3 Å². The monoisotopic (exact) mass is 226 g/mol. The molecule has 3 heteroatoms. The topological polar surface area (TPSA) is 35.8 Å². The Kier molecular flexibility index (Phi) is 3.47. The molecule has 0 aliphatic heterocycles. The van der Waals surface area contributed by atoms with Crippen molar-refractivity contribution in [2.75, 3.05) is 5.32 Å². The number of para-hydroxylation sites is 2. The van der Waals surface area contributed by atoms with Crippen molar-refractivity contribution in [3.8, 4) is 5.40 Å². The van der Waals surface area contributed by atoms with Crippen molar-refractivity contribution >= 4 is 23.1 Å². The molecular weight excluding hydrogens is 216 g/mol. The summed E-state index contributed by atoms with van der Waals surface area (Å²) in [6.07, 6.45) is 0. The van der Waals surface area contributed by atoms with Crippen LogP contribution in [0.5, 0.6) is 0 Å². The van der Waals surface area contributed by atoms with E-state index in [4.69, 9.17) is 5.26 Å². The normalized spacial score (nSPS) is 9.44. The van der Waals surface area contributed by atoms with Crippen molar-refractivity contribution < 1.29 is 0 Å². The van der Waals surface area contributed by atoms with E-state index in [0.29, 0.717) is 0 Å². The minimum atomic E-state index is 0.939. The first-order valence-electron chi connectivity index (χ1n) is 4.87. The van der Waals surface area contributed by atoms with Gasteiger partial charge in [0.1, 0.15) is 5.40 Å². The standard InChI is InChI=1S/C13H10N2S/c14-10-16-13-9-5-4-8-12(13)15-11-6-2-1-3-7-11/h1-9,15H. The molecule has 16 heavy (non-hydrogen) atoms. The minimum absolute atomic E-state index is 0.939. The molecule has 0 heterocycles. The summed E-state index contributed by atoms with van der Waals surface area (Å²) in [5.74, 6) is 0. The predicted octanol–water partition coefficient (Wildman–Crippen LogP) is 4.00. The van der Waals surface area contributed by atoms with E-state index in [2.05, 4.69) is 10.7 Å². The van der Waals surface area contributed by atoms with Crippen LogP contribution in [0, 0.1) is 10.7 Å². The van der Waals surface area contributed by atoms with E-state index in [-0.39, 0.29) is 0 Å². The van der Waals surface area contributed by atoms with Crippen LogP contribution in [0.1, 0.15) is 0 Å². The third-order valence-electron chi connectivity index (χ3n) is 2.10. The molecule has 0 fully saturated rings. The number of rotatable bonds is 3. The van der Waals surface area contributed by atoms with Gasteiger partial charge in [-0.05, 0) is 36.0 Å². The van der Waals surface area contributed by atoms with Gasteiger partial charge in [0.25, 0.3) is 0 Å². The maximum absolute atomic E-state index is 8.70. The van der Waals surface area contributed by atoms with E-state index >= 15 is 0 Å². The second kappa shape index (κ2) is 5.24. The highest BCUT2D eigenvalue weighted by Crippen LogP contribution is 2.28. The Morgan fingerprint density at radius 2 is 1.62 bits per heavy atom. The van der Waals surface area contributed by atoms with Gasteiger partial charge in [-0.25, -0.2) is 0 Å². The summed E-state index contributed by atoms with van der Waals surface area (Å²) in [6, 6.07) is 17.7. The van der Waals surface area contributed by atoms with Crippen molar-refractivity contribution in [1.82, 2.24) is 0 Å². The molecule has 1 N–H and O–H groups in total. The number of anilines is 2. The zero-order valence-corrected chi connectivity index (χ0v) is 9.37. The molecule has 0 aromatic heterocycles. The lowest BCUT2D eigenvalue weighted by molar-refractivity contribution is 1.42. The van der Waals surface area contributed by atoms with E-state index < -0.39 is 0 Å². The maximum atomic E-state index is 8.70. The molecule has 0 aliphatic carbocycles. The van der Waals surface area contributed by atoms with Crippen molar-refractivity contribution in [2.24, 2.45) is 0 Å². The lowest BCUT2D eigenvalue weighted by Crippen LogP contribution is -1.91. The molecule has 0 aliphatic rings. The molecule has 0 bridgehead atoms. The SMILES string of the molecule is N#CSc1ccccc1Nc1ccccc1. The molecule has 0 unspecified atom stereocenters. The molecule has 0 spiro atoms. The molecule has 2 aromatic carbocycles. The Labute approximate surface area is 98.9 Å². The summed E-state index contributed by atoms with van der Waals surface area (Å²) in [6.45, 7) is 0. The van der Waals surface area contributed by atoms with Gasteiger partial charge in [0, 0.05) is 10.6 Å². The summed E-state index contributed by atoms with van der Waals surface area (Å²) in [4.78, 5) is 0.939. The molecule has 2 nitrogen and oxygen atoms in total. The van der Waals surface area contributed by atoms with Gasteiger partial charge < -0.3 is 5.32 Å². The quantitative estimate of drug-likeness (QED) is 0.634. The summed E-state index contributed by atoms with van der Waals surface area (Å²) >= 11 is 1.16. The van der Waals surface area contributed by atoms with Crippen molar-refractivity contribution in [3.63, 3.8) is 0 Å². The van der Waals surface area contributed by atoms with Crippen molar-refractivity contribution in [2.45, 2.75) is 4.90 Å². The van der Waals surface area contributed by atoms with E-state index in [1.165, 1.54) is 0 Å². The highest BCUT2D eigenvalue weighted by Gasteiger charge is 2.01. The molecule has 2 rings (SSSR count). The Morgan fingerprint density at radius 1 is 0.938 bits per heavy atom. The molecule has 0 atom stereocenters. The second-order valence-corrected chi connectivity index (χ2v) is 4.01. The van der Waals surface area contributed by atoms with Gasteiger partial charge in [0.05, 0.1) is 5.69 Å². The fourth-order valence-electron chi connectivity index (χ4n) is 1.39. The largest absolute Gasteiger partial charge is 0.355 e. The predicted molar refractivity (Wildman–Crippen MR) is 67.6 cm³/mol. The molecule has 2 aromatic rings. The van der Waals surface area contributed by atoms with Gasteiger partial charge in [-0.2, -0.15) is 5.26 Å². The Hall–Kier alpha value is -1.92. The number of hydrogen-bond acceptors (Lipinski definition) is 3. The molecule has 0 saturated carbocycles. The molecule has 0 amide bonds. The van der Waals surface area contributed by atoms with Crippen LogP contribution >= 0.6 is 11.8 Å². The summed E-state index contributed by atoms with van der Waals surface area (Å²) < 4.78 is 0. The number of thiocyanates is 1.